The summed E-state index contributed by atoms with van der Waals surface area (Å²) in [6, 6.07) is 11.0. The lowest BCUT2D eigenvalue weighted by Gasteiger charge is -2.41. The van der Waals surface area contributed by atoms with Crippen molar-refractivity contribution in [3.63, 3.8) is 0 Å². The van der Waals surface area contributed by atoms with Crippen LogP contribution in [0.3, 0.4) is 0 Å². The number of nitrogens with zero attached hydrogens (tertiary/aromatic N) is 6. The first kappa shape index (κ1) is 37.8. The van der Waals surface area contributed by atoms with Crippen molar-refractivity contribution in [2.24, 2.45) is 11.3 Å². The van der Waals surface area contributed by atoms with E-state index in [1.807, 2.05) is 26.1 Å². The molecule has 4 aliphatic rings. The molecule has 4 N–H and O–H groups in total. The van der Waals surface area contributed by atoms with Gasteiger partial charge in [-0.2, -0.15) is 5.10 Å². The molecule has 3 fully saturated rings. The molecule has 3 aliphatic heterocycles. The lowest BCUT2D eigenvalue weighted by atomic mass is 9.76. The largest absolute Gasteiger partial charge is 0.370 e. The molecule has 14 heteroatoms. The smallest absolute Gasteiger partial charge is 0.270 e. The van der Waals surface area contributed by atoms with E-state index < -0.39 is 17.9 Å². The van der Waals surface area contributed by atoms with E-state index in [1.165, 1.54) is 11.3 Å². The molecule has 3 aromatic heterocycles. The highest BCUT2D eigenvalue weighted by atomic mass is 16.2. The third kappa shape index (κ3) is 7.94. The van der Waals surface area contributed by atoms with Gasteiger partial charge in [0.2, 0.25) is 17.7 Å². The van der Waals surface area contributed by atoms with Crippen LogP contribution in [0.1, 0.15) is 74.6 Å². The van der Waals surface area contributed by atoms with Crippen molar-refractivity contribution < 1.29 is 19.2 Å². The zero-order valence-electron chi connectivity index (χ0n) is 33.0. The number of likely N-dealkylation sites (N-methyl/N-ethyl adjacent to an activating group) is 1. The maximum Gasteiger partial charge on any atom is 0.270 e. The van der Waals surface area contributed by atoms with E-state index in [2.05, 4.69) is 72.4 Å². The summed E-state index contributed by atoms with van der Waals surface area (Å²) in [5.74, 6) is -0.523. The van der Waals surface area contributed by atoms with Gasteiger partial charge in [-0.25, -0.2) is 4.98 Å². The molecule has 4 amide bonds. The van der Waals surface area contributed by atoms with Gasteiger partial charge in [0.15, 0.2) is 0 Å². The van der Waals surface area contributed by atoms with Gasteiger partial charge in [-0.15, -0.1) is 0 Å². The number of aromatic nitrogens is 4. The number of benzene rings is 1. The number of carbonyl (C=O) groups excluding carboxylic acids is 4. The van der Waals surface area contributed by atoms with E-state index in [9.17, 15) is 19.2 Å². The van der Waals surface area contributed by atoms with Gasteiger partial charge in [-0.1, -0.05) is 19.9 Å². The molecule has 8 rings (SSSR count). The standard InChI is InChI=1S/C42H54N10O4/c1-26(41(56)49(4)29-6-5-28-21-35(44-34(28)22-29)38-31-11-14-42(2,3)23-36(31)47-48-38)51-19-17-50(18-20-51)25-27-12-15-52(16-13-27)30-7-8-32(43-24-30)39(54)45-33-9-10-37(53)46-40(33)55/h5-8,21-22,24,26-27,33,44H,9-20,23,25H2,1-4H3,(H,45,54)(H,47,48)(H,46,53,55). The fourth-order valence-corrected chi connectivity index (χ4v) is 8.93. The molecule has 6 heterocycles. The van der Waals surface area contributed by atoms with Crippen molar-refractivity contribution in [1.29, 1.82) is 0 Å². The van der Waals surface area contributed by atoms with E-state index in [0.717, 1.165) is 112 Å². The van der Waals surface area contributed by atoms with Crippen LogP contribution < -0.4 is 20.4 Å². The Labute approximate surface area is 327 Å². The summed E-state index contributed by atoms with van der Waals surface area (Å²) in [6.45, 7) is 13.2. The van der Waals surface area contributed by atoms with Crippen molar-refractivity contribution in [2.45, 2.75) is 77.8 Å². The third-order valence-electron chi connectivity index (χ3n) is 12.6. The molecule has 2 atom stereocenters. The van der Waals surface area contributed by atoms with E-state index in [4.69, 9.17) is 5.10 Å². The van der Waals surface area contributed by atoms with Crippen molar-refractivity contribution in [3.05, 3.63) is 59.5 Å². The number of carbonyl (C=O) groups is 4. The first-order valence-electron chi connectivity index (χ1n) is 20.2. The zero-order valence-corrected chi connectivity index (χ0v) is 33.0. The number of fused-ring (bicyclic) bond motifs is 2. The Hall–Kier alpha value is -5.08. The number of imide groups is 1. The van der Waals surface area contributed by atoms with Crippen LogP contribution in [0.5, 0.6) is 0 Å². The lowest BCUT2D eigenvalue weighted by Crippen LogP contribution is -2.55. The minimum Gasteiger partial charge on any atom is -0.370 e. The number of nitrogens with one attached hydrogen (secondary N) is 4. The molecular formula is C42H54N10O4. The fourth-order valence-electron chi connectivity index (χ4n) is 8.93. The Morgan fingerprint density at radius 3 is 2.52 bits per heavy atom. The number of hydrogen-bond donors (Lipinski definition) is 4. The summed E-state index contributed by atoms with van der Waals surface area (Å²) in [6.07, 6.45) is 7.56. The van der Waals surface area contributed by atoms with Crippen molar-refractivity contribution >= 4 is 45.9 Å². The van der Waals surface area contributed by atoms with Crippen molar-refractivity contribution in [3.8, 4) is 11.4 Å². The Balaban J connectivity index is 0.787. The van der Waals surface area contributed by atoms with Crippen LogP contribution in [0.15, 0.2) is 42.6 Å². The molecule has 1 aliphatic carbocycles. The minimum atomic E-state index is -0.727. The van der Waals surface area contributed by atoms with Crippen LogP contribution in [0.2, 0.25) is 0 Å². The number of hydrogen-bond acceptors (Lipinski definition) is 9. The van der Waals surface area contributed by atoms with Gasteiger partial charge in [0.05, 0.1) is 23.6 Å². The predicted octanol–water partition coefficient (Wildman–Crippen LogP) is 3.89. The number of anilines is 2. The topological polar surface area (TPSA) is 163 Å². The van der Waals surface area contributed by atoms with Crippen LogP contribution in [0.4, 0.5) is 11.4 Å². The van der Waals surface area contributed by atoms with Gasteiger partial charge in [0.25, 0.3) is 5.91 Å². The molecule has 0 saturated carbocycles. The second-order valence-electron chi connectivity index (χ2n) is 17.0. The fraction of sp³-hybridized carbons (Fsp3) is 0.524. The minimum absolute atomic E-state index is 0.0957. The van der Waals surface area contributed by atoms with Crippen LogP contribution in [-0.2, 0) is 27.2 Å². The van der Waals surface area contributed by atoms with Gasteiger partial charge in [-0.3, -0.25) is 34.5 Å². The molecule has 0 spiro atoms. The van der Waals surface area contributed by atoms with Crippen LogP contribution in [-0.4, -0.2) is 119 Å². The summed E-state index contributed by atoms with van der Waals surface area (Å²) < 4.78 is 0. The Morgan fingerprint density at radius 2 is 1.79 bits per heavy atom. The van der Waals surface area contributed by atoms with Crippen molar-refractivity contribution in [1.82, 2.24) is 40.6 Å². The van der Waals surface area contributed by atoms with Crippen LogP contribution in [0.25, 0.3) is 22.3 Å². The number of piperidine rings is 2. The molecule has 1 aromatic carbocycles. The predicted molar refractivity (Wildman–Crippen MR) is 215 cm³/mol. The molecule has 4 aromatic rings. The second kappa shape index (κ2) is 15.5. The number of rotatable bonds is 9. The van der Waals surface area contributed by atoms with E-state index >= 15 is 0 Å². The number of H-pyrrole nitrogens is 2. The average molecular weight is 763 g/mol. The van der Waals surface area contributed by atoms with Gasteiger partial charge in [0, 0.05) is 87.1 Å². The highest BCUT2D eigenvalue weighted by molar-refractivity contribution is 6.03. The lowest BCUT2D eigenvalue weighted by molar-refractivity contribution is -0.134. The third-order valence-corrected chi connectivity index (χ3v) is 12.6. The number of amides is 4. The highest BCUT2D eigenvalue weighted by Crippen LogP contribution is 2.38. The molecule has 3 saturated heterocycles. The van der Waals surface area contributed by atoms with Crippen LogP contribution >= 0.6 is 0 Å². The van der Waals surface area contributed by atoms with Gasteiger partial charge < -0.3 is 25.0 Å². The number of aromatic amines is 2. The first-order chi connectivity index (χ1) is 26.9. The molecule has 2 unspecified atom stereocenters. The van der Waals surface area contributed by atoms with Crippen LogP contribution in [0, 0.1) is 11.3 Å². The molecule has 0 radical (unpaired) electrons. The average Bonchev–Trinajstić information content (AvgIpc) is 3.81. The number of piperazine rings is 1. The summed E-state index contributed by atoms with van der Waals surface area (Å²) >= 11 is 0. The van der Waals surface area contributed by atoms with Gasteiger partial charge in [0.1, 0.15) is 17.4 Å². The molecule has 14 nitrogen and oxygen atoms in total. The molecule has 56 heavy (non-hydrogen) atoms. The highest BCUT2D eigenvalue weighted by Gasteiger charge is 2.32. The Morgan fingerprint density at radius 1 is 1.00 bits per heavy atom. The van der Waals surface area contributed by atoms with E-state index in [-0.39, 0.29) is 41.8 Å². The second-order valence-corrected chi connectivity index (χ2v) is 17.0. The van der Waals surface area contributed by atoms with E-state index in [0.29, 0.717) is 5.92 Å². The quantitative estimate of drug-likeness (QED) is 0.186. The summed E-state index contributed by atoms with van der Waals surface area (Å²) in [7, 11) is 1.88. The molecule has 0 bridgehead atoms. The summed E-state index contributed by atoms with van der Waals surface area (Å²) in [5.41, 5.74) is 7.98. The summed E-state index contributed by atoms with van der Waals surface area (Å²) in [5, 5.41) is 14.1. The normalized spacial score (nSPS) is 21.4. The Bertz CT molecular complexity index is 2110. The van der Waals surface area contributed by atoms with Gasteiger partial charge >= 0.3 is 0 Å². The summed E-state index contributed by atoms with van der Waals surface area (Å²) in [4.78, 5) is 66.8. The van der Waals surface area contributed by atoms with Gasteiger partial charge in [-0.05, 0) is 87.1 Å². The monoisotopic (exact) mass is 762 g/mol. The maximum atomic E-state index is 13.8. The zero-order chi connectivity index (χ0) is 39.1. The molecule has 296 valence electrons. The number of pyridine rings is 1. The van der Waals surface area contributed by atoms with E-state index in [1.54, 1.807) is 17.2 Å². The van der Waals surface area contributed by atoms with Crippen molar-refractivity contribution in [2.75, 3.05) is 62.7 Å². The SMILES string of the molecule is CC(C(=O)N(C)c1ccc2cc(-c3n[nH]c4c3CCC(C)(C)C4)[nH]c2c1)N1CCN(CC2CCN(c3ccc(C(=O)NC4CCC(=O)NC4=O)nc3)CC2)CC1. The first-order valence-corrected chi connectivity index (χ1v) is 20.2. The molecular weight excluding hydrogens is 709 g/mol. The Kier molecular flexibility index (Phi) is 10.4. The maximum absolute atomic E-state index is 13.8.